The molecule has 6 nitrogen and oxygen atoms in total. The highest BCUT2D eigenvalue weighted by molar-refractivity contribution is 7.16. The van der Waals surface area contributed by atoms with E-state index in [1.807, 2.05) is 0 Å². The van der Waals surface area contributed by atoms with Crippen molar-refractivity contribution in [1.82, 2.24) is 15.0 Å². The molecule has 0 atom stereocenters. The van der Waals surface area contributed by atoms with E-state index in [4.69, 9.17) is 10.00 Å². The van der Waals surface area contributed by atoms with Gasteiger partial charge in [0.2, 0.25) is 0 Å². The molecule has 0 saturated heterocycles. The average Bonchev–Trinajstić information content (AvgIpc) is 2.88. The molecule has 112 valence electrons. The van der Waals surface area contributed by atoms with Crippen LogP contribution in [0.3, 0.4) is 0 Å². The molecular formula is C15H14N4O2S. The predicted octanol–water partition coefficient (Wildman–Crippen LogP) is 2.90. The summed E-state index contributed by atoms with van der Waals surface area (Å²) in [6.45, 7) is 1.76. The first kappa shape index (κ1) is 14.6. The van der Waals surface area contributed by atoms with E-state index in [9.17, 15) is 4.79 Å². The second-order valence-corrected chi connectivity index (χ2v) is 6.27. The number of hydrogen-bond donors (Lipinski definition) is 0. The van der Waals surface area contributed by atoms with Crippen molar-refractivity contribution in [1.29, 1.82) is 5.26 Å². The molecule has 7 heteroatoms. The first-order valence-corrected chi connectivity index (χ1v) is 7.80. The number of carbonyl (C=O) groups excluding carboxylic acids is 1. The summed E-state index contributed by atoms with van der Waals surface area (Å²) in [7, 11) is 0. The summed E-state index contributed by atoms with van der Waals surface area (Å²) in [4.78, 5) is 25.5. The summed E-state index contributed by atoms with van der Waals surface area (Å²) in [6.07, 6.45) is 5.99. The molecule has 0 bridgehead atoms. The number of nitriles is 1. The van der Waals surface area contributed by atoms with Crippen LogP contribution in [0.25, 0.3) is 10.8 Å². The summed E-state index contributed by atoms with van der Waals surface area (Å²) < 4.78 is 5.60. The summed E-state index contributed by atoms with van der Waals surface area (Å²) in [6, 6.07) is 3.83. The van der Waals surface area contributed by atoms with Crippen LogP contribution in [0.2, 0.25) is 0 Å². The lowest BCUT2D eigenvalue weighted by molar-refractivity contribution is -0.0586. The van der Waals surface area contributed by atoms with Crippen LogP contribution in [0.1, 0.15) is 41.0 Å². The third-order valence-electron chi connectivity index (χ3n) is 3.71. The molecule has 0 radical (unpaired) electrons. The number of carbonyl (C=O) groups is 1. The van der Waals surface area contributed by atoms with E-state index in [-0.39, 0.29) is 6.42 Å². The van der Waals surface area contributed by atoms with Gasteiger partial charge in [-0.15, -0.1) is 11.3 Å². The number of hydrogen-bond acceptors (Lipinski definition) is 7. The molecule has 0 amide bonds. The van der Waals surface area contributed by atoms with Crippen molar-refractivity contribution in [2.45, 2.75) is 38.2 Å². The lowest BCUT2D eigenvalue weighted by atomic mass is 9.78. The van der Waals surface area contributed by atoms with E-state index < -0.39 is 11.6 Å². The molecule has 0 spiro atoms. The maximum atomic E-state index is 12.4. The number of thiazole rings is 1. The van der Waals surface area contributed by atoms with Crippen molar-refractivity contribution in [2.75, 3.05) is 0 Å². The molecule has 1 aliphatic carbocycles. The molecule has 0 aromatic carbocycles. The Labute approximate surface area is 131 Å². The van der Waals surface area contributed by atoms with E-state index in [0.717, 1.165) is 19.3 Å². The predicted molar refractivity (Wildman–Crippen MR) is 80.1 cm³/mol. The fourth-order valence-corrected chi connectivity index (χ4v) is 3.26. The Balaban J connectivity index is 1.82. The second kappa shape index (κ2) is 5.81. The SMILES string of the molecule is Cc1nc(-c2ncccn2)sc1C(=O)OC1(CC#N)CCC1. The van der Waals surface area contributed by atoms with Gasteiger partial charge in [0.05, 0.1) is 18.2 Å². The van der Waals surface area contributed by atoms with E-state index in [0.29, 0.717) is 21.4 Å². The number of aryl methyl sites for hydroxylation is 1. The van der Waals surface area contributed by atoms with Crippen LogP contribution in [0.15, 0.2) is 18.5 Å². The number of aromatic nitrogens is 3. The zero-order valence-electron chi connectivity index (χ0n) is 12.1. The van der Waals surface area contributed by atoms with E-state index in [2.05, 4.69) is 21.0 Å². The number of ether oxygens (including phenoxy) is 1. The van der Waals surface area contributed by atoms with Crippen LogP contribution in [-0.4, -0.2) is 26.5 Å². The van der Waals surface area contributed by atoms with Gasteiger partial charge >= 0.3 is 5.97 Å². The monoisotopic (exact) mass is 314 g/mol. The molecule has 3 rings (SSSR count). The van der Waals surface area contributed by atoms with Crippen molar-refractivity contribution in [3.63, 3.8) is 0 Å². The summed E-state index contributed by atoms with van der Waals surface area (Å²) in [5, 5.41) is 9.48. The minimum atomic E-state index is -0.605. The van der Waals surface area contributed by atoms with E-state index >= 15 is 0 Å². The van der Waals surface area contributed by atoms with Gasteiger partial charge in [-0.25, -0.2) is 19.7 Å². The summed E-state index contributed by atoms with van der Waals surface area (Å²) >= 11 is 1.22. The minimum Gasteiger partial charge on any atom is -0.454 e. The van der Waals surface area contributed by atoms with Crippen LogP contribution in [-0.2, 0) is 4.74 Å². The van der Waals surface area contributed by atoms with Crippen molar-refractivity contribution >= 4 is 17.3 Å². The Kier molecular flexibility index (Phi) is 3.86. The van der Waals surface area contributed by atoms with Gasteiger partial charge in [-0.2, -0.15) is 5.26 Å². The molecule has 0 aliphatic heterocycles. The fourth-order valence-electron chi connectivity index (χ4n) is 2.36. The van der Waals surface area contributed by atoms with Crippen LogP contribution in [0.4, 0.5) is 0 Å². The van der Waals surface area contributed by atoms with Gasteiger partial charge in [-0.1, -0.05) is 0 Å². The van der Waals surface area contributed by atoms with E-state index in [1.165, 1.54) is 11.3 Å². The van der Waals surface area contributed by atoms with Crippen LogP contribution < -0.4 is 0 Å². The standard InChI is InChI=1S/C15H14N4O2S/c1-10-11(14(20)21-15(6-7-16)4-2-5-15)22-13(19-10)12-17-8-3-9-18-12/h3,8-9H,2,4-6H2,1H3. The molecule has 2 aromatic rings. The molecular weight excluding hydrogens is 300 g/mol. The average molecular weight is 314 g/mol. The summed E-state index contributed by atoms with van der Waals surface area (Å²) in [5.41, 5.74) is -0.00466. The maximum absolute atomic E-state index is 12.4. The Hall–Kier alpha value is -2.33. The molecule has 2 heterocycles. The molecule has 1 fully saturated rings. The third kappa shape index (κ3) is 2.70. The number of rotatable bonds is 4. The maximum Gasteiger partial charge on any atom is 0.350 e. The zero-order valence-corrected chi connectivity index (χ0v) is 12.9. The Morgan fingerprint density at radius 3 is 2.77 bits per heavy atom. The normalized spacial score (nSPS) is 15.6. The van der Waals surface area contributed by atoms with Gasteiger partial charge in [-0.3, -0.25) is 0 Å². The third-order valence-corrected chi connectivity index (χ3v) is 4.85. The van der Waals surface area contributed by atoms with Crippen molar-refractivity contribution < 1.29 is 9.53 Å². The van der Waals surface area contributed by atoms with Crippen LogP contribution >= 0.6 is 11.3 Å². The van der Waals surface area contributed by atoms with Gasteiger partial charge in [0.1, 0.15) is 10.5 Å². The quantitative estimate of drug-likeness (QED) is 0.806. The van der Waals surface area contributed by atoms with Gasteiger partial charge in [0.25, 0.3) is 0 Å². The van der Waals surface area contributed by atoms with Gasteiger partial charge in [0, 0.05) is 12.4 Å². The first-order valence-electron chi connectivity index (χ1n) is 6.99. The molecule has 2 aromatic heterocycles. The zero-order chi connectivity index (χ0) is 15.6. The highest BCUT2D eigenvalue weighted by Crippen LogP contribution is 2.39. The first-order chi connectivity index (χ1) is 10.6. The Morgan fingerprint density at radius 1 is 1.45 bits per heavy atom. The smallest absolute Gasteiger partial charge is 0.350 e. The number of esters is 1. The summed E-state index contributed by atoms with van der Waals surface area (Å²) in [5.74, 6) is 0.0807. The molecule has 0 unspecified atom stereocenters. The molecule has 0 N–H and O–H groups in total. The van der Waals surface area contributed by atoms with Gasteiger partial charge in [0.15, 0.2) is 10.8 Å². The lowest BCUT2D eigenvalue weighted by Crippen LogP contribution is -2.41. The van der Waals surface area contributed by atoms with Crippen LogP contribution in [0, 0.1) is 18.3 Å². The second-order valence-electron chi connectivity index (χ2n) is 5.27. The Morgan fingerprint density at radius 2 is 2.18 bits per heavy atom. The fraction of sp³-hybridized carbons (Fsp3) is 0.400. The molecule has 1 saturated carbocycles. The topological polar surface area (TPSA) is 88.8 Å². The van der Waals surface area contributed by atoms with E-state index in [1.54, 1.807) is 25.4 Å². The van der Waals surface area contributed by atoms with Gasteiger partial charge < -0.3 is 4.74 Å². The largest absolute Gasteiger partial charge is 0.454 e. The molecule has 1 aliphatic rings. The molecule has 22 heavy (non-hydrogen) atoms. The van der Waals surface area contributed by atoms with Crippen LogP contribution in [0.5, 0.6) is 0 Å². The lowest BCUT2D eigenvalue weighted by Gasteiger charge is -2.39. The van der Waals surface area contributed by atoms with Crippen molar-refractivity contribution in [3.8, 4) is 16.9 Å². The van der Waals surface area contributed by atoms with Gasteiger partial charge in [-0.05, 0) is 32.3 Å². The highest BCUT2D eigenvalue weighted by atomic mass is 32.1. The number of nitrogens with zero attached hydrogens (tertiary/aromatic N) is 4. The highest BCUT2D eigenvalue weighted by Gasteiger charge is 2.41. The Bertz CT molecular complexity index is 732. The van der Waals surface area contributed by atoms with Crippen molar-refractivity contribution in [2.24, 2.45) is 0 Å². The minimum absolute atomic E-state index is 0.241. The van der Waals surface area contributed by atoms with Crippen molar-refractivity contribution in [3.05, 3.63) is 29.0 Å².